The summed E-state index contributed by atoms with van der Waals surface area (Å²) in [4.78, 5) is 12.1. The van der Waals surface area contributed by atoms with Crippen LogP contribution in [0.5, 0.6) is 0 Å². The number of hydrogen-bond donors (Lipinski definition) is 1. The highest BCUT2D eigenvalue weighted by molar-refractivity contribution is 5.93. The molecule has 15 heavy (non-hydrogen) atoms. The molecule has 0 spiro atoms. The van der Waals surface area contributed by atoms with Crippen LogP contribution in [-0.4, -0.2) is 16.5 Å². The highest BCUT2D eigenvalue weighted by Gasteiger charge is 2.64. The predicted molar refractivity (Wildman–Crippen MR) is 54.8 cm³/mol. The van der Waals surface area contributed by atoms with E-state index in [-0.39, 0.29) is 17.1 Å². The van der Waals surface area contributed by atoms with E-state index >= 15 is 0 Å². The van der Waals surface area contributed by atoms with Gasteiger partial charge < -0.3 is 5.11 Å². The molecule has 2 aliphatic rings. The molecule has 2 fully saturated rings. The van der Waals surface area contributed by atoms with Gasteiger partial charge in [0.05, 0.1) is 11.7 Å². The first kappa shape index (κ1) is 10.6. The van der Waals surface area contributed by atoms with E-state index in [9.17, 15) is 15.2 Å². The number of hydrogen-bond acceptors (Lipinski definition) is 3. The van der Waals surface area contributed by atoms with Gasteiger partial charge in [0.25, 0.3) is 0 Å². The fraction of sp³-hybridized carbons (Fsp3) is 0.833. The third kappa shape index (κ3) is 1.24. The Morgan fingerprint density at radius 2 is 2.00 bits per heavy atom. The highest BCUT2D eigenvalue weighted by atomic mass is 16.3. The molecule has 2 bridgehead atoms. The first-order valence-electron chi connectivity index (χ1n) is 5.43. The van der Waals surface area contributed by atoms with Crippen LogP contribution < -0.4 is 0 Å². The van der Waals surface area contributed by atoms with Crippen LogP contribution in [0.15, 0.2) is 0 Å². The number of rotatable bonds is 0. The van der Waals surface area contributed by atoms with E-state index in [0.717, 1.165) is 0 Å². The molecule has 0 radical (unpaired) electrons. The van der Waals surface area contributed by atoms with Crippen molar-refractivity contribution in [1.29, 1.82) is 5.26 Å². The van der Waals surface area contributed by atoms with Gasteiger partial charge in [-0.25, -0.2) is 0 Å². The highest BCUT2D eigenvalue weighted by Crippen LogP contribution is 2.61. The number of nitrogens with zero attached hydrogens (tertiary/aromatic N) is 1. The Bertz CT molecular complexity index is 364. The number of aliphatic hydroxyl groups is 1. The lowest BCUT2D eigenvalue weighted by Gasteiger charge is -2.42. The predicted octanol–water partition coefficient (Wildman–Crippen LogP) is 1.66. The van der Waals surface area contributed by atoms with Gasteiger partial charge in [-0.05, 0) is 25.2 Å². The molecule has 82 valence electrons. The molecule has 3 heteroatoms. The molecule has 0 heterocycles. The maximum Gasteiger partial charge on any atom is 0.156 e. The Morgan fingerprint density at radius 3 is 2.53 bits per heavy atom. The Labute approximate surface area is 90.1 Å². The minimum absolute atomic E-state index is 0.0327. The second-order valence-electron chi connectivity index (χ2n) is 5.96. The maximum absolute atomic E-state index is 12.1. The van der Waals surface area contributed by atoms with E-state index in [1.165, 1.54) is 0 Å². The zero-order chi connectivity index (χ0) is 11.5. The van der Waals surface area contributed by atoms with Crippen molar-refractivity contribution in [2.45, 2.75) is 45.6 Å². The fourth-order valence-corrected chi connectivity index (χ4v) is 3.74. The summed E-state index contributed by atoms with van der Waals surface area (Å²) in [6.45, 7) is 5.65. The van der Waals surface area contributed by atoms with Gasteiger partial charge in [0.2, 0.25) is 0 Å². The van der Waals surface area contributed by atoms with Gasteiger partial charge in [0, 0.05) is 12.3 Å². The minimum atomic E-state index is -0.921. The average molecular weight is 207 g/mol. The lowest BCUT2D eigenvalue weighted by atomic mass is 9.63. The standard InChI is InChI=1S/C12H17NO2/c1-8-9(14)12(7-13)5-10(8,2)4-11(3,15)6-12/h8,15H,4-6H2,1-3H3. The summed E-state index contributed by atoms with van der Waals surface area (Å²) in [5.74, 6) is -0.0728. The molecule has 2 aliphatic carbocycles. The second kappa shape index (κ2) is 2.62. The molecule has 0 aromatic heterocycles. The monoisotopic (exact) mass is 207 g/mol. The van der Waals surface area contributed by atoms with Crippen molar-refractivity contribution in [2.24, 2.45) is 16.7 Å². The number of carbonyl (C=O) groups is 1. The molecule has 4 atom stereocenters. The van der Waals surface area contributed by atoms with Crippen LogP contribution in [0.25, 0.3) is 0 Å². The summed E-state index contributed by atoms with van der Waals surface area (Å²) >= 11 is 0. The molecular formula is C12H17NO2. The molecule has 2 saturated carbocycles. The largest absolute Gasteiger partial charge is 0.390 e. The number of Topliss-reactive ketones (excluding diaryl/α,β-unsaturated/α-hetero) is 1. The van der Waals surface area contributed by atoms with E-state index in [2.05, 4.69) is 6.07 Å². The third-order valence-electron chi connectivity index (χ3n) is 4.30. The first-order valence-corrected chi connectivity index (χ1v) is 5.43. The Hall–Kier alpha value is -0.880. The number of ketones is 1. The van der Waals surface area contributed by atoms with Crippen molar-refractivity contribution >= 4 is 5.78 Å². The van der Waals surface area contributed by atoms with Gasteiger partial charge in [-0.15, -0.1) is 0 Å². The van der Waals surface area contributed by atoms with Crippen LogP contribution in [0.2, 0.25) is 0 Å². The average Bonchev–Trinajstić information content (AvgIpc) is 2.24. The fourth-order valence-electron chi connectivity index (χ4n) is 3.74. The van der Waals surface area contributed by atoms with Gasteiger partial charge in [-0.1, -0.05) is 13.8 Å². The van der Waals surface area contributed by atoms with Gasteiger partial charge in [0.1, 0.15) is 5.41 Å². The Morgan fingerprint density at radius 1 is 1.40 bits per heavy atom. The first-order chi connectivity index (χ1) is 6.75. The lowest BCUT2D eigenvalue weighted by Crippen LogP contribution is -2.43. The number of fused-ring (bicyclic) bond motifs is 2. The van der Waals surface area contributed by atoms with E-state index < -0.39 is 11.0 Å². The SMILES string of the molecule is CC1C(=O)C2(C#N)CC(C)(O)CC1(C)C2. The van der Waals surface area contributed by atoms with Gasteiger partial charge in [-0.2, -0.15) is 5.26 Å². The molecule has 3 nitrogen and oxygen atoms in total. The number of carbonyl (C=O) groups excluding carboxylic acids is 1. The Kier molecular flexibility index (Phi) is 1.86. The van der Waals surface area contributed by atoms with Crippen LogP contribution in [0.3, 0.4) is 0 Å². The summed E-state index contributed by atoms with van der Waals surface area (Å²) < 4.78 is 0. The zero-order valence-electron chi connectivity index (χ0n) is 9.50. The smallest absolute Gasteiger partial charge is 0.156 e. The zero-order valence-corrected chi connectivity index (χ0v) is 9.50. The summed E-state index contributed by atoms with van der Waals surface area (Å²) in [7, 11) is 0. The molecule has 0 aromatic carbocycles. The summed E-state index contributed by atoms with van der Waals surface area (Å²) in [5.41, 5.74) is -1.99. The van der Waals surface area contributed by atoms with Gasteiger partial charge in [-0.3, -0.25) is 4.79 Å². The van der Waals surface area contributed by atoms with E-state index in [4.69, 9.17) is 0 Å². The van der Waals surface area contributed by atoms with Gasteiger partial charge >= 0.3 is 0 Å². The van der Waals surface area contributed by atoms with Crippen molar-refractivity contribution in [3.8, 4) is 6.07 Å². The Balaban J connectivity index is 2.52. The van der Waals surface area contributed by atoms with Crippen LogP contribution in [-0.2, 0) is 4.79 Å². The van der Waals surface area contributed by atoms with Crippen LogP contribution in [0.1, 0.15) is 40.0 Å². The van der Waals surface area contributed by atoms with E-state index in [0.29, 0.717) is 19.3 Å². The summed E-state index contributed by atoms with van der Waals surface area (Å²) in [6.07, 6.45) is 1.54. The molecule has 0 saturated heterocycles. The quantitative estimate of drug-likeness (QED) is 0.657. The van der Waals surface area contributed by atoms with Crippen molar-refractivity contribution in [2.75, 3.05) is 0 Å². The van der Waals surface area contributed by atoms with E-state index in [1.807, 2.05) is 13.8 Å². The molecule has 1 N–H and O–H groups in total. The maximum atomic E-state index is 12.1. The third-order valence-corrected chi connectivity index (χ3v) is 4.30. The molecule has 0 aromatic rings. The second-order valence-corrected chi connectivity index (χ2v) is 5.96. The van der Waals surface area contributed by atoms with Crippen molar-refractivity contribution in [1.82, 2.24) is 0 Å². The van der Waals surface area contributed by atoms with Crippen LogP contribution in [0, 0.1) is 28.1 Å². The van der Waals surface area contributed by atoms with Crippen molar-refractivity contribution in [3.63, 3.8) is 0 Å². The number of nitriles is 1. The minimum Gasteiger partial charge on any atom is -0.390 e. The molecule has 0 amide bonds. The molecule has 4 unspecified atom stereocenters. The molecule has 0 aliphatic heterocycles. The lowest BCUT2D eigenvalue weighted by molar-refractivity contribution is -0.127. The van der Waals surface area contributed by atoms with Crippen molar-refractivity contribution < 1.29 is 9.90 Å². The topological polar surface area (TPSA) is 61.1 Å². The molecule has 2 rings (SSSR count). The van der Waals surface area contributed by atoms with Crippen LogP contribution in [0.4, 0.5) is 0 Å². The summed E-state index contributed by atoms with van der Waals surface area (Å²) in [6, 6.07) is 2.16. The van der Waals surface area contributed by atoms with E-state index in [1.54, 1.807) is 6.92 Å². The molecular weight excluding hydrogens is 190 g/mol. The van der Waals surface area contributed by atoms with Crippen LogP contribution >= 0.6 is 0 Å². The van der Waals surface area contributed by atoms with Gasteiger partial charge in [0.15, 0.2) is 5.78 Å². The summed E-state index contributed by atoms with van der Waals surface area (Å²) in [5, 5.41) is 19.4. The van der Waals surface area contributed by atoms with Crippen molar-refractivity contribution in [3.05, 3.63) is 0 Å². The normalized spacial score (nSPS) is 54.1.